The number of benzene rings is 2. The zero-order chi connectivity index (χ0) is 21.5. The van der Waals surface area contributed by atoms with Gasteiger partial charge in [-0.25, -0.2) is 9.29 Å². The summed E-state index contributed by atoms with van der Waals surface area (Å²) in [6, 6.07) is 10.6. The number of anilines is 2. The molecule has 0 aromatic heterocycles. The van der Waals surface area contributed by atoms with Crippen molar-refractivity contribution >= 4 is 29.1 Å². The molecule has 0 radical (unpaired) electrons. The van der Waals surface area contributed by atoms with Crippen LogP contribution in [0.5, 0.6) is 5.75 Å². The normalized spacial score (nSPS) is 31.2. The van der Waals surface area contributed by atoms with Gasteiger partial charge in [0.1, 0.15) is 17.1 Å². The van der Waals surface area contributed by atoms with Crippen molar-refractivity contribution in [3.63, 3.8) is 0 Å². The Balaban J connectivity index is 1.53. The summed E-state index contributed by atoms with van der Waals surface area (Å²) < 4.78 is 19.4. The van der Waals surface area contributed by atoms with Gasteiger partial charge in [0, 0.05) is 17.3 Å². The van der Waals surface area contributed by atoms with Crippen LogP contribution in [0, 0.1) is 17.7 Å². The van der Waals surface area contributed by atoms with Crippen LogP contribution in [0.15, 0.2) is 42.5 Å². The molecule has 2 aromatic rings. The maximum Gasteiger partial charge on any atom is 0.250 e. The van der Waals surface area contributed by atoms with Crippen molar-refractivity contribution in [3.05, 3.63) is 53.8 Å². The number of carbonyl (C=O) groups excluding carboxylic acids is 3. The third-order valence-corrected chi connectivity index (χ3v) is 7.29. The molecule has 1 N–H and O–H groups in total. The largest absolute Gasteiger partial charge is 0.497 e. The molecule has 4 heterocycles. The highest BCUT2D eigenvalue weighted by Crippen LogP contribution is 2.60. The number of methoxy groups -OCH3 is 1. The lowest BCUT2D eigenvalue weighted by Gasteiger charge is -2.36. The van der Waals surface area contributed by atoms with Crippen LogP contribution in [-0.2, 0) is 19.9 Å². The lowest BCUT2D eigenvalue weighted by atomic mass is 9.75. The fraction of sp³-hybridized carbons (Fsp3) is 0.348. The first-order chi connectivity index (χ1) is 15.0. The van der Waals surface area contributed by atoms with Gasteiger partial charge in [0.15, 0.2) is 0 Å². The van der Waals surface area contributed by atoms with Crippen LogP contribution in [0.2, 0.25) is 0 Å². The number of hydrogen-bond acceptors (Lipinski definition) is 5. The number of carbonyl (C=O) groups is 3. The number of imide groups is 1. The van der Waals surface area contributed by atoms with E-state index >= 15 is 0 Å². The first-order valence-electron chi connectivity index (χ1n) is 10.4. The summed E-state index contributed by atoms with van der Waals surface area (Å²) in [5, 5.41) is 2.84. The quantitative estimate of drug-likeness (QED) is 0.753. The van der Waals surface area contributed by atoms with E-state index in [4.69, 9.17) is 4.74 Å². The number of ether oxygens (including phenoxy) is 1. The Hall–Kier alpha value is -3.26. The zero-order valence-corrected chi connectivity index (χ0v) is 16.8. The van der Waals surface area contributed by atoms with Gasteiger partial charge in [-0.1, -0.05) is 0 Å². The van der Waals surface area contributed by atoms with E-state index in [9.17, 15) is 18.8 Å². The molecule has 158 valence electrons. The average Bonchev–Trinajstić information content (AvgIpc) is 3.47. The van der Waals surface area contributed by atoms with Crippen LogP contribution in [-0.4, -0.2) is 42.3 Å². The van der Waals surface area contributed by atoms with Gasteiger partial charge in [-0.3, -0.25) is 19.3 Å². The second kappa shape index (κ2) is 6.13. The van der Waals surface area contributed by atoms with Crippen molar-refractivity contribution in [2.24, 2.45) is 11.8 Å². The standard InChI is InChI=1S/C23H20FN3O4/c1-31-14-7-5-13(6-8-14)27-20(28)18-17-3-2-10-26(17)23(19(18)21(27)29)15-11-12(24)4-9-16(15)25-22(23)30/h4-9,11,17-19H,2-3,10H2,1H3,(H,25,30)/t17-,18+,19+,23-/m1/s1. The molecule has 1 spiro atoms. The molecule has 8 heteroatoms. The number of amides is 3. The van der Waals surface area contributed by atoms with Gasteiger partial charge < -0.3 is 10.1 Å². The summed E-state index contributed by atoms with van der Waals surface area (Å²) in [5.41, 5.74) is 0.0373. The summed E-state index contributed by atoms with van der Waals surface area (Å²) in [6.45, 7) is 0.587. The highest BCUT2D eigenvalue weighted by atomic mass is 19.1. The number of fused-ring (bicyclic) bond motifs is 7. The summed E-state index contributed by atoms with van der Waals surface area (Å²) in [4.78, 5) is 43.9. The Morgan fingerprint density at radius 3 is 2.61 bits per heavy atom. The van der Waals surface area contributed by atoms with E-state index in [0.29, 0.717) is 29.2 Å². The zero-order valence-electron chi connectivity index (χ0n) is 16.8. The molecule has 7 nitrogen and oxygen atoms in total. The summed E-state index contributed by atoms with van der Waals surface area (Å²) in [7, 11) is 1.54. The van der Waals surface area contributed by atoms with Gasteiger partial charge in [0.05, 0.1) is 24.6 Å². The van der Waals surface area contributed by atoms with Gasteiger partial charge in [-0.05, 0) is 61.9 Å². The number of hydrogen-bond donors (Lipinski definition) is 1. The van der Waals surface area contributed by atoms with Crippen LogP contribution >= 0.6 is 0 Å². The van der Waals surface area contributed by atoms with E-state index in [-0.39, 0.29) is 17.9 Å². The van der Waals surface area contributed by atoms with Crippen molar-refractivity contribution in [2.75, 3.05) is 23.9 Å². The van der Waals surface area contributed by atoms with Crippen LogP contribution < -0.4 is 15.0 Å². The summed E-state index contributed by atoms with van der Waals surface area (Å²) >= 11 is 0. The SMILES string of the molecule is COc1ccc(N2C(=O)[C@H]3[C@H]4CCCN4[C@@]4(C(=O)Nc5ccc(F)cc54)[C@@H]3C2=O)cc1. The Morgan fingerprint density at radius 1 is 1.10 bits per heavy atom. The molecular weight excluding hydrogens is 401 g/mol. The molecule has 0 saturated carbocycles. The first kappa shape index (κ1) is 18.5. The molecule has 6 rings (SSSR count). The lowest BCUT2D eigenvalue weighted by molar-refractivity contribution is -0.135. The topological polar surface area (TPSA) is 79.0 Å². The molecule has 3 saturated heterocycles. The highest BCUT2D eigenvalue weighted by molar-refractivity contribution is 6.25. The van der Waals surface area contributed by atoms with E-state index in [1.807, 2.05) is 4.90 Å². The minimum Gasteiger partial charge on any atom is -0.497 e. The minimum atomic E-state index is -1.36. The predicted molar refractivity (Wildman–Crippen MR) is 109 cm³/mol. The van der Waals surface area contributed by atoms with Crippen LogP contribution in [0.4, 0.5) is 15.8 Å². The maximum atomic E-state index is 14.3. The highest BCUT2D eigenvalue weighted by Gasteiger charge is 2.74. The van der Waals surface area contributed by atoms with E-state index in [1.165, 1.54) is 23.1 Å². The predicted octanol–water partition coefficient (Wildman–Crippen LogP) is 2.27. The summed E-state index contributed by atoms with van der Waals surface area (Å²) in [6.07, 6.45) is 1.54. The summed E-state index contributed by atoms with van der Waals surface area (Å²) in [5.74, 6) is -2.47. The van der Waals surface area contributed by atoms with E-state index in [0.717, 1.165) is 12.8 Å². The first-order valence-corrected chi connectivity index (χ1v) is 10.4. The fourth-order valence-electron chi connectivity index (χ4n) is 6.16. The van der Waals surface area contributed by atoms with Gasteiger partial charge in [0.2, 0.25) is 17.7 Å². The molecule has 4 aliphatic heterocycles. The monoisotopic (exact) mass is 421 g/mol. The Labute approximate surface area is 177 Å². The van der Waals surface area contributed by atoms with Crippen molar-refractivity contribution in [1.82, 2.24) is 4.90 Å². The van der Waals surface area contributed by atoms with Gasteiger partial charge in [-0.15, -0.1) is 0 Å². The second-order valence-corrected chi connectivity index (χ2v) is 8.53. The molecule has 0 unspecified atom stereocenters. The number of halogens is 1. The number of nitrogens with one attached hydrogen (secondary N) is 1. The van der Waals surface area contributed by atoms with Crippen molar-refractivity contribution in [1.29, 1.82) is 0 Å². The van der Waals surface area contributed by atoms with E-state index < -0.39 is 29.1 Å². The van der Waals surface area contributed by atoms with Crippen molar-refractivity contribution in [2.45, 2.75) is 24.4 Å². The van der Waals surface area contributed by atoms with Crippen LogP contribution in [0.3, 0.4) is 0 Å². The molecule has 31 heavy (non-hydrogen) atoms. The fourth-order valence-corrected chi connectivity index (χ4v) is 6.16. The minimum absolute atomic E-state index is 0.232. The lowest BCUT2D eigenvalue weighted by Crippen LogP contribution is -2.54. The van der Waals surface area contributed by atoms with Gasteiger partial charge in [-0.2, -0.15) is 0 Å². The number of rotatable bonds is 2. The van der Waals surface area contributed by atoms with E-state index in [2.05, 4.69) is 5.32 Å². The molecule has 0 aliphatic carbocycles. The third kappa shape index (κ3) is 2.13. The Morgan fingerprint density at radius 2 is 1.87 bits per heavy atom. The van der Waals surface area contributed by atoms with E-state index in [1.54, 1.807) is 31.4 Å². The molecule has 3 fully saturated rings. The molecule has 3 amide bonds. The second-order valence-electron chi connectivity index (χ2n) is 8.53. The molecular formula is C23H20FN3O4. The molecule has 4 aliphatic rings. The smallest absolute Gasteiger partial charge is 0.250 e. The van der Waals surface area contributed by atoms with Gasteiger partial charge >= 0.3 is 0 Å². The molecule has 0 bridgehead atoms. The van der Waals surface area contributed by atoms with Crippen LogP contribution in [0.1, 0.15) is 18.4 Å². The molecule has 4 atom stereocenters. The average molecular weight is 421 g/mol. The Bertz CT molecular complexity index is 1150. The van der Waals surface area contributed by atoms with Crippen molar-refractivity contribution < 1.29 is 23.5 Å². The van der Waals surface area contributed by atoms with Crippen LogP contribution in [0.25, 0.3) is 0 Å². The van der Waals surface area contributed by atoms with Crippen molar-refractivity contribution in [3.8, 4) is 5.75 Å². The Kier molecular flexibility index (Phi) is 3.66. The third-order valence-electron chi connectivity index (χ3n) is 7.29. The number of nitrogens with zero attached hydrogens (tertiary/aromatic N) is 2. The maximum absolute atomic E-state index is 14.3. The molecule has 2 aromatic carbocycles. The van der Waals surface area contributed by atoms with Gasteiger partial charge in [0.25, 0.3) is 0 Å².